The zero-order chi connectivity index (χ0) is 20.6. The summed E-state index contributed by atoms with van der Waals surface area (Å²) in [6, 6.07) is 16.5. The van der Waals surface area contributed by atoms with Crippen LogP contribution in [-0.4, -0.2) is 17.8 Å². The smallest absolute Gasteiger partial charge is 0.236 e. The van der Waals surface area contributed by atoms with Crippen molar-refractivity contribution >= 4 is 33.0 Å². The number of aryl methyl sites for hydroxylation is 2. The third-order valence-electron chi connectivity index (χ3n) is 4.72. The molecule has 2 aromatic carbocycles. The quantitative estimate of drug-likeness (QED) is 0.477. The van der Waals surface area contributed by atoms with Gasteiger partial charge in [-0.1, -0.05) is 41.9 Å². The summed E-state index contributed by atoms with van der Waals surface area (Å²) in [5, 5.41) is 0.512. The Morgan fingerprint density at radius 2 is 1.86 bits per heavy atom. The van der Waals surface area contributed by atoms with Crippen molar-refractivity contribution in [1.82, 2.24) is 9.38 Å². The van der Waals surface area contributed by atoms with Crippen molar-refractivity contribution in [2.24, 2.45) is 0 Å². The molecule has 0 aliphatic heterocycles. The Morgan fingerprint density at radius 1 is 1.03 bits per heavy atom. The highest BCUT2D eigenvalue weighted by Gasteiger charge is 2.15. The summed E-state index contributed by atoms with van der Waals surface area (Å²) in [6.45, 7) is 3.88. The normalized spacial score (nSPS) is 11.7. The summed E-state index contributed by atoms with van der Waals surface area (Å²) in [5.74, 6) is -0.148. The number of benzene rings is 2. The number of rotatable bonds is 5. The van der Waals surface area contributed by atoms with E-state index in [2.05, 4.69) is 4.72 Å². The molecule has 2 heterocycles. The number of hydrogen-bond donors (Lipinski definition) is 1. The topological polar surface area (TPSA) is 63.5 Å². The molecule has 0 spiro atoms. The van der Waals surface area contributed by atoms with Gasteiger partial charge in [-0.3, -0.25) is 4.72 Å². The predicted octanol–water partition coefficient (Wildman–Crippen LogP) is 5.21. The molecule has 2 aromatic heterocycles. The third kappa shape index (κ3) is 4.28. The number of fused-ring (bicyclic) bond motifs is 1. The largest absolute Gasteiger partial charge is 0.306 e. The lowest BCUT2D eigenvalue weighted by molar-refractivity contribution is 0.600. The first-order valence-electron chi connectivity index (χ1n) is 9.11. The Labute approximate surface area is 175 Å². The zero-order valence-corrected chi connectivity index (χ0v) is 17.6. The monoisotopic (exact) mass is 425 g/mol. The zero-order valence-electron chi connectivity index (χ0n) is 16.1. The molecule has 0 saturated heterocycles. The summed E-state index contributed by atoms with van der Waals surface area (Å²) < 4.78 is 30.1. The summed E-state index contributed by atoms with van der Waals surface area (Å²) >= 11 is 5.97. The van der Waals surface area contributed by atoms with Crippen LogP contribution >= 0.6 is 11.6 Å². The van der Waals surface area contributed by atoms with E-state index in [4.69, 9.17) is 16.6 Å². The maximum absolute atomic E-state index is 12.7. The van der Waals surface area contributed by atoms with Gasteiger partial charge in [-0.25, -0.2) is 13.4 Å². The molecule has 29 heavy (non-hydrogen) atoms. The van der Waals surface area contributed by atoms with E-state index in [1.165, 1.54) is 0 Å². The second-order valence-electron chi connectivity index (χ2n) is 7.07. The van der Waals surface area contributed by atoms with Crippen LogP contribution in [0.25, 0.3) is 16.9 Å². The van der Waals surface area contributed by atoms with Crippen molar-refractivity contribution in [2.75, 3.05) is 4.72 Å². The highest BCUT2D eigenvalue weighted by molar-refractivity contribution is 7.91. The van der Waals surface area contributed by atoms with Crippen molar-refractivity contribution < 1.29 is 8.42 Å². The number of anilines is 1. The second-order valence-corrected chi connectivity index (χ2v) is 9.23. The fourth-order valence-corrected chi connectivity index (χ4v) is 4.69. The van der Waals surface area contributed by atoms with Gasteiger partial charge in [0.2, 0.25) is 10.0 Å². The van der Waals surface area contributed by atoms with Crippen LogP contribution in [0.4, 0.5) is 5.69 Å². The van der Waals surface area contributed by atoms with E-state index in [9.17, 15) is 8.42 Å². The maximum Gasteiger partial charge on any atom is 0.236 e. The summed E-state index contributed by atoms with van der Waals surface area (Å²) in [4.78, 5) is 4.70. The van der Waals surface area contributed by atoms with Gasteiger partial charge in [0.05, 0.1) is 17.1 Å². The van der Waals surface area contributed by atoms with Gasteiger partial charge in [-0.15, -0.1) is 0 Å². The first-order chi connectivity index (χ1) is 13.8. The number of sulfonamides is 1. The molecule has 1 N–H and O–H groups in total. The van der Waals surface area contributed by atoms with Crippen LogP contribution in [0.3, 0.4) is 0 Å². The van der Waals surface area contributed by atoms with Gasteiger partial charge >= 0.3 is 0 Å². The number of hydrogen-bond acceptors (Lipinski definition) is 3. The minimum absolute atomic E-state index is 0.148. The first kappa shape index (κ1) is 19.5. The average molecular weight is 426 g/mol. The molecule has 0 aliphatic carbocycles. The van der Waals surface area contributed by atoms with Crippen molar-refractivity contribution in [3.63, 3.8) is 0 Å². The number of nitrogens with one attached hydrogen (secondary N) is 1. The van der Waals surface area contributed by atoms with E-state index < -0.39 is 10.0 Å². The minimum Gasteiger partial charge on any atom is -0.306 e. The molecule has 0 radical (unpaired) electrons. The Bertz CT molecular complexity index is 1310. The number of halogens is 1. The molecular formula is C22H20ClN3O2S. The standard InChI is InChI=1S/C22H20ClN3O2S/c1-15-8-9-18(21-13-26-10-4-5-16(2)22(26)24-21)12-20(15)25-29(27,28)14-17-6-3-7-19(23)11-17/h3-13,25H,14H2,1-2H3. The van der Waals surface area contributed by atoms with Crippen LogP contribution in [0.15, 0.2) is 67.0 Å². The van der Waals surface area contributed by atoms with E-state index in [1.54, 1.807) is 24.3 Å². The van der Waals surface area contributed by atoms with Gasteiger partial charge in [-0.2, -0.15) is 0 Å². The van der Waals surface area contributed by atoms with E-state index in [0.717, 1.165) is 28.0 Å². The average Bonchev–Trinajstić information content (AvgIpc) is 3.09. The maximum atomic E-state index is 12.7. The molecule has 5 nitrogen and oxygen atoms in total. The summed E-state index contributed by atoms with van der Waals surface area (Å²) in [6.07, 6.45) is 3.89. The van der Waals surface area contributed by atoms with Gasteiger partial charge in [0.25, 0.3) is 0 Å². The summed E-state index contributed by atoms with van der Waals surface area (Å²) in [5.41, 5.74) is 5.60. The number of pyridine rings is 1. The molecule has 0 aliphatic rings. The Balaban J connectivity index is 1.65. The highest BCUT2D eigenvalue weighted by atomic mass is 35.5. The predicted molar refractivity (Wildman–Crippen MR) is 118 cm³/mol. The molecular weight excluding hydrogens is 406 g/mol. The number of aromatic nitrogens is 2. The molecule has 148 valence electrons. The molecule has 0 saturated carbocycles. The van der Waals surface area contributed by atoms with Crippen LogP contribution in [0.5, 0.6) is 0 Å². The first-order valence-corrected chi connectivity index (χ1v) is 11.1. The van der Waals surface area contributed by atoms with Crippen LogP contribution in [0, 0.1) is 13.8 Å². The van der Waals surface area contributed by atoms with E-state index in [1.807, 2.05) is 61.0 Å². The second kappa shape index (κ2) is 7.54. The van der Waals surface area contributed by atoms with Crippen LogP contribution in [-0.2, 0) is 15.8 Å². The van der Waals surface area contributed by atoms with Gasteiger partial charge in [0.1, 0.15) is 5.65 Å². The van der Waals surface area contributed by atoms with Gasteiger partial charge in [-0.05, 0) is 54.8 Å². The number of imidazole rings is 1. The molecule has 0 unspecified atom stereocenters. The van der Waals surface area contributed by atoms with E-state index in [-0.39, 0.29) is 5.75 Å². The molecule has 0 atom stereocenters. The molecule has 0 fully saturated rings. The lowest BCUT2D eigenvalue weighted by Gasteiger charge is -2.12. The van der Waals surface area contributed by atoms with Crippen LogP contribution in [0.1, 0.15) is 16.7 Å². The van der Waals surface area contributed by atoms with Crippen molar-refractivity contribution in [2.45, 2.75) is 19.6 Å². The Morgan fingerprint density at radius 3 is 2.62 bits per heavy atom. The number of nitrogens with zero attached hydrogens (tertiary/aromatic N) is 2. The Kier molecular flexibility index (Phi) is 5.06. The molecule has 7 heteroatoms. The molecule has 4 rings (SSSR count). The van der Waals surface area contributed by atoms with Crippen molar-refractivity contribution in [3.05, 3.63) is 88.7 Å². The van der Waals surface area contributed by atoms with Gasteiger partial charge < -0.3 is 4.40 Å². The van der Waals surface area contributed by atoms with Crippen LogP contribution in [0.2, 0.25) is 5.02 Å². The van der Waals surface area contributed by atoms with Crippen molar-refractivity contribution in [3.8, 4) is 11.3 Å². The van der Waals surface area contributed by atoms with Crippen LogP contribution < -0.4 is 4.72 Å². The highest BCUT2D eigenvalue weighted by Crippen LogP contribution is 2.27. The summed E-state index contributed by atoms with van der Waals surface area (Å²) in [7, 11) is -3.59. The van der Waals surface area contributed by atoms with E-state index >= 15 is 0 Å². The van der Waals surface area contributed by atoms with E-state index in [0.29, 0.717) is 16.3 Å². The fraction of sp³-hybridized carbons (Fsp3) is 0.136. The lowest BCUT2D eigenvalue weighted by atomic mass is 10.1. The van der Waals surface area contributed by atoms with Gasteiger partial charge in [0.15, 0.2) is 0 Å². The Hall–Kier alpha value is -2.83. The molecule has 0 bridgehead atoms. The lowest BCUT2D eigenvalue weighted by Crippen LogP contribution is -2.15. The molecule has 4 aromatic rings. The van der Waals surface area contributed by atoms with Crippen molar-refractivity contribution in [1.29, 1.82) is 0 Å². The molecule has 0 amide bonds. The fourth-order valence-electron chi connectivity index (χ4n) is 3.23. The minimum atomic E-state index is -3.59. The third-order valence-corrected chi connectivity index (χ3v) is 6.20. The van der Waals surface area contributed by atoms with Gasteiger partial charge in [0, 0.05) is 23.0 Å². The SMILES string of the molecule is Cc1ccc(-c2cn3cccc(C)c3n2)cc1NS(=O)(=O)Cc1cccc(Cl)c1.